The van der Waals surface area contributed by atoms with Gasteiger partial charge in [0.15, 0.2) is 0 Å². The van der Waals surface area contributed by atoms with Crippen LogP contribution < -0.4 is 14.8 Å². The summed E-state index contributed by atoms with van der Waals surface area (Å²) >= 11 is 0. The minimum absolute atomic E-state index is 0.103. The van der Waals surface area contributed by atoms with Gasteiger partial charge in [0.1, 0.15) is 23.4 Å². The lowest BCUT2D eigenvalue weighted by atomic mass is 10.0. The van der Waals surface area contributed by atoms with E-state index in [1.54, 1.807) is 12.0 Å². The van der Waals surface area contributed by atoms with Crippen molar-refractivity contribution in [1.82, 2.24) is 4.90 Å². The quantitative estimate of drug-likeness (QED) is 0.470. The van der Waals surface area contributed by atoms with Gasteiger partial charge in [-0.15, -0.1) is 0 Å². The van der Waals surface area contributed by atoms with Crippen LogP contribution in [0.15, 0.2) is 66.7 Å². The molecule has 3 aromatic carbocycles. The van der Waals surface area contributed by atoms with Gasteiger partial charge in [0.05, 0.1) is 13.7 Å². The van der Waals surface area contributed by atoms with Crippen molar-refractivity contribution in [3.8, 4) is 17.2 Å². The van der Waals surface area contributed by atoms with E-state index >= 15 is 0 Å². The van der Waals surface area contributed by atoms with Gasteiger partial charge in [-0.3, -0.25) is 4.79 Å². The van der Waals surface area contributed by atoms with Crippen molar-refractivity contribution in [1.29, 1.82) is 0 Å². The fraction of sp³-hybridized carbons (Fsp3) is 0.214. The van der Waals surface area contributed by atoms with E-state index in [4.69, 9.17) is 14.2 Å². The Hall–Kier alpha value is -4.26. The summed E-state index contributed by atoms with van der Waals surface area (Å²) < 4.78 is 17.0. The van der Waals surface area contributed by atoms with Crippen LogP contribution in [0.25, 0.3) is 11.6 Å². The topological polar surface area (TPSA) is 77.1 Å². The van der Waals surface area contributed by atoms with Crippen molar-refractivity contribution >= 4 is 29.3 Å². The van der Waals surface area contributed by atoms with E-state index in [-0.39, 0.29) is 18.1 Å². The van der Waals surface area contributed by atoms with Gasteiger partial charge in [-0.25, -0.2) is 4.79 Å². The molecule has 0 bridgehead atoms. The smallest absolute Gasteiger partial charge is 0.410 e. The van der Waals surface area contributed by atoms with E-state index in [1.165, 1.54) is 0 Å². The summed E-state index contributed by atoms with van der Waals surface area (Å²) in [6.07, 6.45) is 1.98. The second kappa shape index (κ2) is 9.54. The van der Waals surface area contributed by atoms with Gasteiger partial charge in [-0.1, -0.05) is 36.4 Å². The van der Waals surface area contributed by atoms with Gasteiger partial charge < -0.3 is 24.4 Å². The van der Waals surface area contributed by atoms with E-state index in [0.717, 1.165) is 22.4 Å². The summed E-state index contributed by atoms with van der Waals surface area (Å²) in [6.45, 7) is 3.15. The molecular formula is C28H26N2O5. The lowest BCUT2D eigenvalue weighted by Crippen LogP contribution is -2.24. The van der Waals surface area contributed by atoms with Crippen LogP contribution in [0.3, 0.4) is 0 Å². The summed E-state index contributed by atoms with van der Waals surface area (Å²) in [6, 6.07) is 20.8. The van der Waals surface area contributed by atoms with Crippen molar-refractivity contribution in [2.45, 2.75) is 19.4 Å². The summed E-state index contributed by atoms with van der Waals surface area (Å²) in [7, 11) is 1.61. The van der Waals surface area contributed by atoms with Crippen molar-refractivity contribution < 1.29 is 23.8 Å². The second-order valence-electron chi connectivity index (χ2n) is 8.45. The van der Waals surface area contributed by atoms with Gasteiger partial charge in [-0.05, 0) is 48.4 Å². The highest BCUT2D eigenvalue weighted by atomic mass is 16.6. The van der Waals surface area contributed by atoms with E-state index < -0.39 is 0 Å². The molecule has 0 saturated carbocycles. The SMILES string of the molecule is CCN1CC(Cc2ccc(Oc3ccc(/C=C4/C(=O)Nc5ccccc54)cc3)cc2OC)OC1=O. The van der Waals surface area contributed by atoms with Gasteiger partial charge in [0.2, 0.25) is 0 Å². The number of carbonyl (C=O) groups excluding carboxylic acids is 2. The van der Waals surface area contributed by atoms with E-state index in [0.29, 0.717) is 42.3 Å². The highest BCUT2D eigenvalue weighted by Crippen LogP contribution is 2.34. The predicted molar refractivity (Wildman–Crippen MR) is 134 cm³/mol. The fourth-order valence-electron chi connectivity index (χ4n) is 4.36. The highest BCUT2D eigenvalue weighted by molar-refractivity contribution is 6.34. The maximum atomic E-state index is 12.3. The number of likely N-dealkylation sites (N-methyl/N-ethyl adjacent to an activating group) is 1. The molecule has 178 valence electrons. The van der Waals surface area contributed by atoms with Crippen LogP contribution in [0.1, 0.15) is 23.6 Å². The molecule has 2 amide bonds. The number of nitrogens with zero attached hydrogens (tertiary/aromatic N) is 1. The van der Waals surface area contributed by atoms with Crippen LogP contribution >= 0.6 is 0 Å². The lowest BCUT2D eigenvalue weighted by Gasteiger charge is -2.14. The van der Waals surface area contributed by atoms with Gasteiger partial charge in [0.25, 0.3) is 5.91 Å². The first-order valence-electron chi connectivity index (χ1n) is 11.6. The molecule has 1 N–H and O–H groups in total. The number of amides is 2. The molecule has 5 rings (SSSR count). The molecule has 0 radical (unpaired) electrons. The third kappa shape index (κ3) is 4.71. The predicted octanol–water partition coefficient (Wildman–Crippen LogP) is 5.36. The average Bonchev–Trinajstić information content (AvgIpc) is 3.39. The standard InChI is InChI=1S/C28H26N2O5/c1-3-30-17-22(35-28(30)32)15-19-10-13-21(16-26(19)33-2)34-20-11-8-18(9-12-20)14-24-23-6-4-5-7-25(23)29-27(24)31/h4-14,16,22H,3,15,17H2,1-2H3,(H,29,31)/b24-14+. The Kier molecular flexibility index (Phi) is 6.14. The molecule has 7 heteroatoms. The zero-order valence-electron chi connectivity index (χ0n) is 19.6. The number of anilines is 1. The third-order valence-corrected chi connectivity index (χ3v) is 6.17. The molecular weight excluding hydrogens is 444 g/mol. The van der Waals surface area contributed by atoms with Crippen LogP contribution in [-0.2, 0) is 16.0 Å². The summed E-state index contributed by atoms with van der Waals surface area (Å²) in [5.41, 5.74) is 4.23. The second-order valence-corrected chi connectivity index (χ2v) is 8.45. The summed E-state index contributed by atoms with van der Waals surface area (Å²) in [4.78, 5) is 25.9. The first-order valence-corrected chi connectivity index (χ1v) is 11.6. The van der Waals surface area contributed by atoms with Gasteiger partial charge in [0, 0.05) is 35.9 Å². The number of methoxy groups -OCH3 is 1. The number of cyclic esters (lactones) is 1. The van der Waals surface area contributed by atoms with Gasteiger partial charge in [-0.2, -0.15) is 0 Å². The van der Waals surface area contributed by atoms with E-state index in [2.05, 4.69) is 5.32 Å². The number of rotatable bonds is 7. The molecule has 2 aliphatic heterocycles. The Labute approximate surface area is 203 Å². The van der Waals surface area contributed by atoms with Crippen molar-refractivity contribution in [2.75, 3.05) is 25.5 Å². The molecule has 3 aromatic rings. The summed E-state index contributed by atoms with van der Waals surface area (Å²) in [5, 5.41) is 2.89. The Morgan fingerprint density at radius 3 is 2.57 bits per heavy atom. The number of fused-ring (bicyclic) bond motifs is 1. The maximum Gasteiger partial charge on any atom is 0.410 e. The molecule has 0 aliphatic carbocycles. The Morgan fingerprint density at radius 1 is 1.06 bits per heavy atom. The molecule has 0 aromatic heterocycles. The van der Waals surface area contributed by atoms with Gasteiger partial charge >= 0.3 is 6.09 Å². The van der Waals surface area contributed by atoms with Crippen LogP contribution in [0, 0.1) is 0 Å². The fourth-order valence-corrected chi connectivity index (χ4v) is 4.36. The zero-order chi connectivity index (χ0) is 24.4. The van der Waals surface area contributed by atoms with Crippen LogP contribution in [0.4, 0.5) is 10.5 Å². The molecule has 7 nitrogen and oxygen atoms in total. The number of hydrogen-bond acceptors (Lipinski definition) is 5. The minimum atomic E-state index is -0.270. The maximum absolute atomic E-state index is 12.3. The van der Waals surface area contributed by atoms with Crippen LogP contribution in [0.2, 0.25) is 0 Å². The number of hydrogen-bond donors (Lipinski definition) is 1. The van der Waals surface area contributed by atoms with E-state index in [1.807, 2.05) is 79.7 Å². The first-order chi connectivity index (χ1) is 17.0. The molecule has 1 fully saturated rings. The van der Waals surface area contributed by atoms with E-state index in [9.17, 15) is 9.59 Å². The number of carbonyl (C=O) groups is 2. The average molecular weight is 471 g/mol. The molecule has 1 atom stereocenters. The molecule has 35 heavy (non-hydrogen) atoms. The largest absolute Gasteiger partial charge is 0.496 e. The number of ether oxygens (including phenoxy) is 3. The molecule has 1 unspecified atom stereocenters. The molecule has 2 heterocycles. The molecule has 1 saturated heterocycles. The monoisotopic (exact) mass is 470 g/mol. The number of nitrogens with one attached hydrogen (secondary N) is 1. The Balaban J connectivity index is 1.28. The number of para-hydroxylation sites is 1. The van der Waals surface area contributed by atoms with Crippen LogP contribution in [0.5, 0.6) is 17.2 Å². The third-order valence-electron chi connectivity index (χ3n) is 6.17. The molecule has 0 spiro atoms. The van der Waals surface area contributed by atoms with Crippen molar-refractivity contribution in [3.63, 3.8) is 0 Å². The Morgan fingerprint density at radius 2 is 1.83 bits per heavy atom. The first kappa shape index (κ1) is 22.5. The Bertz CT molecular complexity index is 1300. The van der Waals surface area contributed by atoms with Crippen molar-refractivity contribution in [3.05, 3.63) is 83.4 Å². The highest BCUT2D eigenvalue weighted by Gasteiger charge is 2.30. The molecule has 2 aliphatic rings. The lowest BCUT2D eigenvalue weighted by molar-refractivity contribution is -0.110. The number of benzene rings is 3. The summed E-state index contributed by atoms with van der Waals surface area (Å²) in [5.74, 6) is 1.88. The van der Waals surface area contributed by atoms with Crippen LogP contribution in [-0.4, -0.2) is 43.2 Å². The van der Waals surface area contributed by atoms with Crippen molar-refractivity contribution in [2.24, 2.45) is 0 Å². The minimum Gasteiger partial charge on any atom is -0.496 e. The normalized spacial score (nSPS) is 17.8. The zero-order valence-corrected chi connectivity index (χ0v) is 19.6.